The van der Waals surface area contributed by atoms with E-state index in [0.29, 0.717) is 13.0 Å². The van der Waals surface area contributed by atoms with Crippen LogP contribution in [0.5, 0.6) is 5.75 Å². The lowest BCUT2D eigenvalue weighted by Gasteiger charge is -2.08. The number of aryl methyl sites for hydroxylation is 1. The van der Waals surface area contributed by atoms with E-state index in [4.69, 9.17) is 9.84 Å². The smallest absolute Gasteiger partial charge is 0.227 e. The van der Waals surface area contributed by atoms with Gasteiger partial charge in [-0.15, -0.1) is 0 Å². The van der Waals surface area contributed by atoms with E-state index in [1.807, 2.05) is 18.2 Å². The molecule has 1 aromatic carbocycles. The highest BCUT2D eigenvalue weighted by Gasteiger charge is 2.13. The Balaban J connectivity index is 2.19. The molecule has 0 bridgehead atoms. The summed E-state index contributed by atoms with van der Waals surface area (Å²) in [7, 11) is 0. The van der Waals surface area contributed by atoms with Crippen molar-refractivity contribution in [3.8, 4) is 5.75 Å². The van der Waals surface area contributed by atoms with Crippen LogP contribution in [0.2, 0.25) is 0 Å². The average Bonchev–Trinajstić information content (AvgIpc) is 2.46. The second kappa shape index (κ2) is 4.99. The predicted molar refractivity (Wildman–Crippen MR) is 60.6 cm³/mol. The maximum atomic E-state index is 11.3. The van der Waals surface area contributed by atoms with Gasteiger partial charge in [0.05, 0.1) is 18.7 Å². The van der Waals surface area contributed by atoms with E-state index in [1.54, 1.807) is 0 Å². The maximum Gasteiger partial charge on any atom is 0.227 e. The van der Waals surface area contributed by atoms with Crippen LogP contribution in [0, 0.1) is 0 Å². The summed E-state index contributed by atoms with van der Waals surface area (Å²) in [6.07, 6.45) is 1.92. The summed E-state index contributed by atoms with van der Waals surface area (Å²) in [6, 6.07) is 5.74. The molecular weight excluding hydrogens is 206 g/mol. The Morgan fingerprint density at radius 3 is 3.12 bits per heavy atom. The molecule has 2 rings (SSSR count). The van der Waals surface area contributed by atoms with E-state index in [-0.39, 0.29) is 12.5 Å². The molecule has 2 N–H and O–H groups in total. The molecular formula is C12H15NO3. The number of aliphatic hydroxyl groups is 1. The molecule has 0 aromatic heterocycles. The van der Waals surface area contributed by atoms with Gasteiger partial charge >= 0.3 is 0 Å². The lowest BCUT2D eigenvalue weighted by Crippen LogP contribution is -2.10. The molecule has 0 atom stereocenters. The first-order chi connectivity index (χ1) is 7.79. The van der Waals surface area contributed by atoms with Crippen LogP contribution in [-0.2, 0) is 11.2 Å². The highest BCUT2D eigenvalue weighted by atomic mass is 16.5. The van der Waals surface area contributed by atoms with Crippen molar-refractivity contribution in [3.63, 3.8) is 0 Å². The van der Waals surface area contributed by atoms with Crippen LogP contribution in [0.25, 0.3) is 0 Å². The first-order valence-electron chi connectivity index (χ1n) is 5.46. The molecule has 16 heavy (non-hydrogen) atoms. The van der Waals surface area contributed by atoms with Gasteiger partial charge in [-0.05, 0) is 30.5 Å². The van der Waals surface area contributed by atoms with Gasteiger partial charge in [0.1, 0.15) is 5.75 Å². The fourth-order valence-corrected chi connectivity index (χ4v) is 1.71. The van der Waals surface area contributed by atoms with E-state index in [2.05, 4.69) is 5.32 Å². The average molecular weight is 221 g/mol. The number of ether oxygens (including phenoxy) is 1. The molecule has 0 unspecified atom stereocenters. The zero-order valence-corrected chi connectivity index (χ0v) is 9.03. The molecule has 4 heteroatoms. The van der Waals surface area contributed by atoms with Gasteiger partial charge in [-0.3, -0.25) is 4.79 Å². The Morgan fingerprint density at radius 1 is 1.44 bits per heavy atom. The number of nitrogens with one attached hydrogen (secondary N) is 1. The minimum absolute atomic E-state index is 0.0157. The van der Waals surface area contributed by atoms with E-state index >= 15 is 0 Å². The van der Waals surface area contributed by atoms with Gasteiger partial charge in [-0.2, -0.15) is 0 Å². The third kappa shape index (κ3) is 2.52. The monoisotopic (exact) mass is 221 g/mol. The van der Waals surface area contributed by atoms with Crippen molar-refractivity contribution in [2.45, 2.75) is 19.3 Å². The number of aliphatic hydroxyl groups excluding tert-OH is 1. The minimum atomic E-state index is -0.0157. The molecule has 0 fully saturated rings. The molecule has 0 saturated heterocycles. The molecule has 86 valence electrons. The fraction of sp³-hybridized carbons (Fsp3) is 0.417. The van der Waals surface area contributed by atoms with E-state index in [0.717, 1.165) is 29.8 Å². The number of hydrogen-bond acceptors (Lipinski definition) is 3. The molecule has 0 aliphatic carbocycles. The van der Waals surface area contributed by atoms with Crippen LogP contribution in [0.4, 0.5) is 5.69 Å². The second-order valence-corrected chi connectivity index (χ2v) is 3.80. The van der Waals surface area contributed by atoms with Crippen molar-refractivity contribution in [2.75, 3.05) is 18.5 Å². The Morgan fingerprint density at radius 2 is 2.31 bits per heavy atom. The molecule has 1 aliphatic heterocycles. The molecule has 0 spiro atoms. The number of amides is 1. The van der Waals surface area contributed by atoms with Crippen LogP contribution in [-0.4, -0.2) is 24.2 Å². The summed E-state index contributed by atoms with van der Waals surface area (Å²) >= 11 is 0. The number of carbonyl (C=O) groups excluding carboxylic acids is 1. The van der Waals surface area contributed by atoms with Crippen LogP contribution >= 0.6 is 0 Å². The molecule has 0 saturated carbocycles. The summed E-state index contributed by atoms with van der Waals surface area (Å²) in [5.74, 6) is 0.705. The van der Waals surface area contributed by atoms with Gasteiger partial charge in [0, 0.05) is 6.61 Å². The third-order valence-corrected chi connectivity index (χ3v) is 2.53. The highest BCUT2D eigenvalue weighted by molar-refractivity contribution is 5.93. The largest absolute Gasteiger partial charge is 0.491 e. The number of benzene rings is 1. The first-order valence-corrected chi connectivity index (χ1v) is 5.46. The molecule has 4 nitrogen and oxygen atoms in total. The van der Waals surface area contributed by atoms with Gasteiger partial charge in [-0.1, -0.05) is 6.07 Å². The van der Waals surface area contributed by atoms with Gasteiger partial charge in [-0.25, -0.2) is 0 Å². The Kier molecular flexibility index (Phi) is 3.41. The van der Waals surface area contributed by atoms with E-state index < -0.39 is 0 Å². The van der Waals surface area contributed by atoms with E-state index in [1.165, 1.54) is 0 Å². The van der Waals surface area contributed by atoms with Gasteiger partial charge in [0.2, 0.25) is 5.91 Å². The number of rotatable bonds is 3. The third-order valence-electron chi connectivity index (χ3n) is 2.53. The number of anilines is 1. The Labute approximate surface area is 94.2 Å². The topological polar surface area (TPSA) is 58.6 Å². The van der Waals surface area contributed by atoms with Crippen LogP contribution < -0.4 is 10.1 Å². The zero-order chi connectivity index (χ0) is 11.4. The molecule has 1 heterocycles. The second-order valence-electron chi connectivity index (χ2n) is 3.80. The predicted octanol–water partition coefficient (Wildman–Crippen LogP) is 1.33. The summed E-state index contributed by atoms with van der Waals surface area (Å²) < 4.78 is 5.45. The van der Waals surface area contributed by atoms with Crippen molar-refractivity contribution < 1.29 is 14.6 Å². The lowest BCUT2D eigenvalue weighted by molar-refractivity contribution is -0.116. The fourth-order valence-electron chi connectivity index (χ4n) is 1.71. The lowest BCUT2D eigenvalue weighted by atomic mass is 10.1. The van der Waals surface area contributed by atoms with Gasteiger partial charge < -0.3 is 15.2 Å². The number of carbonyl (C=O) groups is 1. The van der Waals surface area contributed by atoms with Gasteiger partial charge in [0.15, 0.2) is 0 Å². The van der Waals surface area contributed by atoms with Crippen molar-refractivity contribution in [2.24, 2.45) is 0 Å². The Bertz CT molecular complexity index is 390. The normalized spacial score (nSPS) is 14.7. The first kappa shape index (κ1) is 11.0. The summed E-state index contributed by atoms with van der Waals surface area (Å²) in [5.41, 5.74) is 1.83. The Hall–Kier alpha value is -1.55. The number of hydrogen-bond donors (Lipinski definition) is 2. The molecule has 1 aromatic rings. The summed E-state index contributed by atoms with van der Waals surface area (Å²) in [4.78, 5) is 11.3. The van der Waals surface area contributed by atoms with Crippen LogP contribution in [0.1, 0.15) is 18.4 Å². The molecule has 1 aliphatic rings. The quantitative estimate of drug-likeness (QED) is 0.809. The molecule has 1 amide bonds. The van der Waals surface area contributed by atoms with Crippen molar-refractivity contribution in [1.82, 2.24) is 0 Å². The van der Waals surface area contributed by atoms with Gasteiger partial charge in [0.25, 0.3) is 0 Å². The van der Waals surface area contributed by atoms with Crippen molar-refractivity contribution >= 4 is 11.6 Å². The minimum Gasteiger partial charge on any atom is -0.491 e. The zero-order valence-electron chi connectivity index (χ0n) is 9.03. The summed E-state index contributed by atoms with van der Waals surface area (Å²) in [5, 5.41) is 11.6. The van der Waals surface area contributed by atoms with Crippen LogP contribution in [0.15, 0.2) is 18.2 Å². The standard InChI is InChI=1S/C12H15NO3/c14-6-1-2-9-3-4-11-10(8-9)13-12(15)5-7-16-11/h3-4,8,14H,1-2,5-7H2,(H,13,15). The number of fused-ring (bicyclic) bond motifs is 1. The van der Waals surface area contributed by atoms with Crippen molar-refractivity contribution in [3.05, 3.63) is 23.8 Å². The van der Waals surface area contributed by atoms with Crippen molar-refractivity contribution in [1.29, 1.82) is 0 Å². The molecule has 0 radical (unpaired) electrons. The SMILES string of the molecule is O=C1CCOc2ccc(CCCO)cc2N1. The van der Waals surface area contributed by atoms with E-state index in [9.17, 15) is 4.79 Å². The highest BCUT2D eigenvalue weighted by Crippen LogP contribution is 2.28. The summed E-state index contributed by atoms with van der Waals surface area (Å²) in [6.45, 7) is 0.606. The van der Waals surface area contributed by atoms with Crippen LogP contribution in [0.3, 0.4) is 0 Å². The maximum absolute atomic E-state index is 11.3.